The summed E-state index contributed by atoms with van der Waals surface area (Å²) in [6.07, 6.45) is 2.37. The molecule has 1 aromatic carbocycles. The van der Waals surface area contributed by atoms with E-state index in [-0.39, 0.29) is 11.9 Å². The lowest BCUT2D eigenvalue weighted by atomic mass is 9.84. The first kappa shape index (κ1) is 14.9. The predicted octanol–water partition coefficient (Wildman–Crippen LogP) is 3.02. The van der Waals surface area contributed by atoms with Crippen molar-refractivity contribution in [1.29, 1.82) is 0 Å². The number of fused-ring (bicyclic) bond motifs is 4. The third-order valence-electron chi connectivity index (χ3n) is 5.12. The van der Waals surface area contributed by atoms with Crippen molar-refractivity contribution in [2.24, 2.45) is 5.92 Å². The fourth-order valence-corrected chi connectivity index (χ4v) is 4.07. The Morgan fingerprint density at radius 2 is 2.09 bits per heavy atom. The van der Waals surface area contributed by atoms with E-state index >= 15 is 0 Å². The van der Waals surface area contributed by atoms with Crippen molar-refractivity contribution in [1.82, 2.24) is 15.2 Å². The smallest absolute Gasteiger partial charge is 0.252 e. The summed E-state index contributed by atoms with van der Waals surface area (Å²) in [7, 11) is 0. The van der Waals surface area contributed by atoms with Crippen LogP contribution in [0.2, 0.25) is 5.02 Å². The van der Waals surface area contributed by atoms with Gasteiger partial charge >= 0.3 is 0 Å². The number of halogens is 1. The first-order chi connectivity index (χ1) is 11.1. The summed E-state index contributed by atoms with van der Waals surface area (Å²) in [5, 5.41) is 4.70. The van der Waals surface area contributed by atoms with Gasteiger partial charge in [0.2, 0.25) is 0 Å². The van der Waals surface area contributed by atoms with Crippen molar-refractivity contribution < 1.29 is 4.79 Å². The molecule has 1 N–H and O–H groups in total. The number of carbonyl (C=O) groups is 1. The number of nitrogens with one attached hydrogen (secondary N) is 1. The maximum Gasteiger partial charge on any atom is 0.252 e. The number of pyridine rings is 1. The molecular weight excluding hydrogens is 310 g/mol. The second-order valence-corrected chi connectivity index (χ2v) is 7.13. The van der Waals surface area contributed by atoms with E-state index in [0.717, 1.165) is 23.1 Å². The maximum absolute atomic E-state index is 12.9. The Morgan fingerprint density at radius 1 is 1.30 bits per heavy atom. The van der Waals surface area contributed by atoms with E-state index in [1.165, 1.54) is 25.9 Å². The fraction of sp³-hybridized carbons (Fsp3) is 0.444. The summed E-state index contributed by atoms with van der Waals surface area (Å²) in [4.78, 5) is 19.8. The minimum atomic E-state index is -0.0125. The molecular formula is C18H20ClN3O. The average molecular weight is 330 g/mol. The van der Waals surface area contributed by atoms with Gasteiger partial charge in [-0.25, -0.2) is 0 Å². The summed E-state index contributed by atoms with van der Waals surface area (Å²) in [5.41, 5.74) is 2.33. The van der Waals surface area contributed by atoms with Crippen molar-refractivity contribution in [3.63, 3.8) is 0 Å². The monoisotopic (exact) mass is 329 g/mol. The molecule has 0 aliphatic carbocycles. The number of piperidine rings is 3. The van der Waals surface area contributed by atoms with Crippen LogP contribution in [-0.2, 0) is 0 Å². The SMILES string of the molecule is Cc1cc(C(=O)N[C@@H]2CN3CCC2CC3)c2cc(Cl)ccc2n1. The zero-order valence-corrected chi connectivity index (χ0v) is 13.9. The lowest BCUT2D eigenvalue weighted by Gasteiger charge is -2.44. The fourth-order valence-electron chi connectivity index (χ4n) is 3.89. The van der Waals surface area contributed by atoms with Crippen LogP contribution in [0.1, 0.15) is 28.9 Å². The summed E-state index contributed by atoms with van der Waals surface area (Å²) in [6.45, 7) is 5.23. The van der Waals surface area contributed by atoms with E-state index < -0.39 is 0 Å². The number of nitrogens with zero attached hydrogens (tertiary/aromatic N) is 2. The molecule has 0 radical (unpaired) electrons. The second-order valence-electron chi connectivity index (χ2n) is 6.69. The minimum absolute atomic E-state index is 0.0125. The zero-order chi connectivity index (χ0) is 16.0. The normalized spacial score (nSPS) is 26.4. The van der Waals surface area contributed by atoms with Gasteiger partial charge in [0.25, 0.3) is 5.91 Å². The van der Waals surface area contributed by atoms with Crippen LogP contribution in [0.15, 0.2) is 24.3 Å². The van der Waals surface area contributed by atoms with E-state index in [0.29, 0.717) is 16.5 Å². The van der Waals surface area contributed by atoms with Crippen LogP contribution in [0.4, 0.5) is 0 Å². The predicted molar refractivity (Wildman–Crippen MR) is 91.9 cm³/mol. The van der Waals surface area contributed by atoms with Crippen LogP contribution >= 0.6 is 11.6 Å². The Bertz CT molecular complexity index is 768. The molecule has 3 aliphatic rings. The molecule has 0 saturated carbocycles. The number of aromatic nitrogens is 1. The van der Waals surface area contributed by atoms with Crippen LogP contribution in [0, 0.1) is 12.8 Å². The third kappa shape index (κ3) is 2.81. The Kier molecular flexibility index (Phi) is 3.74. The van der Waals surface area contributed by atoms with Gasteiger partial charge in [0.05, 0.1) is 11.1 Å². The highest BCUT2D eigenvalue weighted by Crippen LogP contribution is 2.28. The Hall–Kier alpha value is -1.65. The molecule has 120 valence electrons. The van der Waals surface area contributed by atoms with Crippen molar-refractivity contribution >= 4 is 28.4 Å². The topological polar surface area (TPSA) is 45.2 Å². The molecule has 3 fully saturated rings. The second kappa shape index (κ2) is 5.77. The van der Waals surface area contributed by atoms with Crippen molar-refractivity contribution in [2.45, 2.75) is 25.8 Å². The highest BCUT2D eigenvalue weighted by molar-refractivity contribution is 6.31. The molecule has 2 bridgehead atoms. The largest absolute Gasteiger partial charge is 0.348 e. The van der Waals surface area contributed by atoms with Crippen LogP contribution in [0.3, 0.4) is 0 Å². The summed E-state index contributed by atoms with van der Waals surface area (Å²) < 4.78 is 0. The summed E-state index contributed by atoms with van der Waals surface area (Å²) in [6, 6.07) is 7.62. The Balaban J connectivity index is 1.65. The molecule has 1 aromatic heterocycles. The molecule has 5 heteroatoms. The molecule has 1 amide bonds. The third-order valence-corrected chi connectivity index (χ3v) is 5.35. The number of hydrogen-bond acceptors (Lipinski definition) is 3. The van der Waals surface area contributed by atoms with Crippen molar-refractivity contribution in [3.8, 4) is 0 Å². The maximum atomic E-state index is 12.9. The number of amides is 1. The van der Waals surface area contributed by atoms with Crippen LogP contribution < -0.4 is 5.32 Å². The van der Waals surface area contributed by atoms with E-state index in [1.807, 2.05) is 31.2 Å². The average Bonchev–Trinajstić information content (AvgIpc) is 2.55. The molecule has 1 atom stereocenters. The molecule has 0 unspecified atom stereocenters. The number of rotatable bonds is 2. The van der Waals surface area contributed by atoms with Gasteiger partial charge in [0, 0.05) is 28.7 Å². The van der Waals surface area contributed by atoms with E-state index in [1.54, 1.807) is 0 Å². The van der Waals surface area contributed by atoms with Crippen molar-refractivity contribution in [2.75, 3.05) is 19.6 Å². The van der Waals surface area contributed by atoms with Crippen LogP contribution in [0.5, 0.6) is 0 Å². The van der Waals surface area contributed by atoms with Gasteiger partial charge in [0.1, 0.15) is 0 Å². The molecule has 2 aromatic rings. The lowest BCUT2D eigenvalue weighted by molar-refractivity contribution is 0.0621. The molecule has 0 spiro atoms. The Labute approximate surface area is 140 Å². The molecule has 23 heavy (non-hydrogen) atoms. The number of benzene rings is 1. The van der Waals surface area contributed by atoms with Crippen LogP contribution in [0.25, 0.3) is 10.9 Å². The molecule has 3 saturated heterocycles. The van der Waals surface area contributed by atoms with Gasteiger partial charge in [-0.2, -0.15) is 0 Å². The van der Waals surface area contributed by atoms with Gasteiger partial charge in [0.15, 0.2) is 0 Å². The number of aryl methyl sites for hydroxylation is 1. The molecule has 5 rings (SSSR count). The highest BCUT2D eigenvalue weighted by atomic mass is 35.5. The van der Waals surface area contributed by atoms with Gasteiger partial charge in [-0.05, 0) is 63.0 Å². The lowest BCUT2D eigenvalue weighted by Crippen LogP contribution is -2.57. The van der Waals surface area contributed by atoms with E-state index in [9.17, 15) is 4.79 Å². The van der Waals surface area contributed by atoms with Gasteiger partial charge in [-0.15, -0.1) is 0 Å². The van der Waals surface area contributed by atoms with Gasteiger partial charge in [-0.3, -0.25) is 9.78 Å². The quantitative estimate of drug-likeness (QED) is 0.921. The van der Waals surface area contributed by atoms with E-state index in [4.69, 9.17) is 11.6 Å². The van der Waals surface area contributed by atoms with Gasteiger partial charge in [-0.1, -0.05) is 11.6 Å². The number of hydrogen-bond donors (Lipinski definition) is 1. The zero-order valence-electron chi connectivity index (χ0n) is 13.2. The van der Waals surface area contributed by atoms with Crippen LogP contribution in [-0.4, -0.2) is 41.5 Å². The van der Waals surface area contributed by atoms with Crippen molar-refractivity contribution in [3.05, 3.63) is 40.5 Å². The molecule has 4 nitrogen and oxygen atoms in total. The highest BCUT2D eigenvalue weighted by Gasteiger charge is 2.35. The molecule has 3 aliphatic heterocycles. The number of carbonyl (C=O) groups excluding carboxylic acids is 1. The Morgan fingerprint density at radius 3 is 2.78 bits per heavy atom. The van der Waals surface area contributed by atoms with Gasteiger partial charge < -0.3 is 10.2 Å². The summed E-state index contributed by atoms with van der Waals surface area (Å²) >= 11 is 6.11. The first-order valence-electron chi connectivity index (χ1n) is 8.20. The summed E-state index contributed by atoms with van der Waals surface area (Å²) in [5.74, 6) is 0.600. The standard InChI is InChI=1S/C18H20ClN3O/c1-11-8-15(14-9-13(19)2-3-16(14)20-11)18(23)21-17-10-22-6-4-12(17)5-7-22/h2-3,8-9,12,17H,4-7,10H2,1H3,(H,21,23)/t17-/m1/s1. The van der Waals surface area contributed by atoms with E-state index in [2.05, 4.69) is 15.2 Å². The minimum Gasteiger partial charge on any atom is -0.348 e. The molecule has 4 heterocycles. The first-order valence-corrected chi connectivity index (χ1v) is 8.58.